The molecule has 3 aliphatic rings. The molecule has 1 aliphatic carbocycles. The lowest BCUT2D eigenvalue weighted by atomic mass is 9.58. The zero-order valence-corrected chi connectivity index (χ0v) is 16.0. The number of hydrogen-bond acceptors (Lipinski definition) is 5. The maximum Gasteiger partial charge on any atom is 0.410 e. The van der Waals surface area contributed by atoms with Gasteiger partial charge in [-0.15, -0.1) is 0 Å². The summed E-state index contributed by atoms with van der Waals surface area (Å²) in [6.07, 6.45) is 3.24. The van der Waals surface area contributed by atoms with E-state index in [1.54, 1.807) is 4.90 Å². The molecule has 6 nitrogen and oxygen atoms in total. The highest BCUT2D eigenvalue weighted by molar-refractivity contribution is 5.68. The van der Waals surface area contributed by atoms with E-state index in [9.17, 15) is 9.90 Å². The summed E-state index contributed by atoms with van der Waals surface area (Å²) in [7, 11) is 0. The fourth-order valence-electron chi connectivity index (χ4n) is 4.84. The first kappa shape index (κ1) is 18.9. The van der Waals surface area contributed by atoms with Crippen LogP contribution in [-0.4, -0.2) is 59.9 Å². The van der Waals surface area contributed by atoms with E-state index in [4.69, 9.17) is 14.2 Å². The Labute approximate surface area is 150 Å². The molecule has 1 amide bonds. The highest BCUT2D eigenvalue weighted by Gasteiger charge is 2.57. The molecule has 3 fully saturated rings. The van der Waals surface area contributed by atoms with Crippen molar-refractivity contribution in [2.45, 2.75) is 77.3 Å². The fourth-order valence-corrected chi connectivity index (χ4v) is 4.84. The molecule has 6 heteroatoms. The van der Waals surface area contributed by atoms with Crippen LogP contribution in [-0.2, 0) is 14.2 Å². The Morgan fingerprint density at radius 3 is 2.60 bits per heavy atom. The Morgan fingerprint density at radius 1 is 1.32 bits per heavy atom. The van der Waals surface area contributed by atoms with Gasteiger partial charge < -0.3 is 24.2 Å². The third-order valence-electron chi connectivity index (χ3n) is 6.09. The van der Waals surface area contributed by atoms with Gasteiger partial charge in [0.1, 0.15) is 5.60 Å². The first-order valence-corrected chi connectivity index (χ1v) is 9.64. The molecule has 2 heterocycles. The summed E-state index contributed by atoms with van der Waals surface area (Å²) in [5.41, 5.74) is -0.795. The van der Waals surface area contributed by atoms with Crippen LogP contribution in [0.2, 0.25) is 0 Å². The maximum atomic E-state index is 12.6. The van der Waals surface area contributed by atoms with E-state index in [1.165, 1.54) is 0 Å². The summed E-state index contributed by atoms with van der Waals surface area (Å²) < 4.78 is 17.4. The summed E-state index contributed by atoms with van der Waals surface area (Å²) in [5, 5.41) is 10.9. The van der Waals surface area contributed by atoms with Crippen molar-refractivity contribution in [2.75, 3.05) is 26.3 Å². The molecule has 0 bridgehead atoms. The topological polar surface area (TPSA) is 68.2 Å². The van der Waals surface area contributed by atoms with E-state index in [-0.39, 0.29) is 11.5 Å². The van der Waals surface area contributed by atoms with Gasteiger partial charge in [0.25, 0.3) is 0 Å². The van der Waals surface area contributed by atoms with Crippen molar-refractivity contribution in [3.05, 3.63) is 0 Å². The standard InChI is InChI=1S/C19H33NO5/c1-5-15(21)18-7-8-19(23-10-11-24-19)12-14(18)6-9-20(13-18)16(22)25-17(2,3)4/h14-15,21H,5-13H2,1-4H3/t14-,15?,18-/m0/s1. The van der Waals surface area contributed by atoms with Gasteiger partial charge in [-0.05, 0) is 46.0 Å². The zero-order valence-electron chi connectivity index (χ0n) is 16.0. The number of rotatable bonds is 2. The summed E-state index contributed by atoms with van der Waals surface area (Å²) >= 11 is 0. The third kappa shape index (κ3) is 3.67. The van der Waals surface area contributed by atoms with Crippen molar-refractivity contribution in [1.82, 2.24) is 4.90 Å². The molecule has 0 aromatic heterocycles. The van der Waals surface area contributed by atoms with Crippen LogP contribution in [0.25, 0.3) is 0 Å². The van der Waals surface area contributed by atoms with Gasteiger partial charge in [0.2, 0.25) is 0 Å². The molecule has 0 radical (unpaired) electrons. The van der Waals surface area contributed by atoms with Crippen molar-refractivity contribution < 1.29 is 24.1 Å². The number of likely N-dealkylation sites (tertiary alicyclic amines) is 1. The van der Waals surface area contributed by atoms with Crippen LogP contribution >= 0.6 is 0 Å². The predicted octanol–water partition coefficient (Wildman–Crippen LogP) is 2.93. The monoisotopic (exact) mass is 355 g/mol. The van der Waals surface area contributed by atoms with Gasteiger partial charge in [0, 0.05) is 31.3 Å². The number of aliphatic hydroxyl groups is 1. The van der Waals surface area contributed by atoms with E-state index in [0.29, 0.717) is 38.6 Å². The van der Waals surface area contributed by atoms with Gasteiger partial charge >= 0.3 is 6.09 Å². The second-order valence-electron chi connectivity index (χ2n) is 8.86. The van der Waals surface area contributed by atoms with Crippen LogP contribution < -0.4 is 0 Å². The highest BCUT2D eigenvalue weighted by atomic mass is 16.7. The van der Waals surface area contributed by atoms with Crippen molar-refractivity contribution >= 4 is 6.09 Å². The Hall–Kier alpha value is -0.850. The lowest BCUT2D eigenvalue weighted by Gasteiger charge is -2.56. The third-order valence-corrected chi connectivity index (χ3v) is 6.09. The SMILES string of the molecule is CCC(O)[C@]12CCC3(C[C@@H]1CCN(C(=O)OC(C)(C)C)C2)OCCO3. The Kier molecular flexibility index (Phi) is 5.08. The van der Waals surface area contributed by atoms with Gasteiger partial charge in [0.05, 0.1) is 19.3 Å². The number of nitrogens with zero attached hydrogens (tertiary/aromatic N) is 1. The van der Waals surface area contributed by atoms with E-state index < -0.39 is 17.5 Å². The van der Waals surface area contributed by atoms with Gasteiger partial charge in [-0.1, -0.05) is 6.92 Å². The normalized spacial score (nSPS) is 33.2. The second-order valence-corrected chi connectivity index (χ2v) is 8.86. The van der Waals surface area contributed by atoms with Crippen LogP contribution in [0.5, 0.6) is 0 Å². The number of carbonyl (C=O) groups excluding carboxylic acids is 1. The van der Waals surface area contributed by atoms with Crippen LogP contribution in [0.3, 0.4) is 0 Å². The van der Waals surface area contributed by atoms with Crippen LogP contribution in [0, 0.1) is 11.3 Å². The molecular weight excluding hydrogens is 322 g/mol. The molecule has 1 unspecified atom stereocenters. The number of ether oxygens (including phenoxy) is 3. The molecule has 2 saturated heterocycles. The summed E-state index contributed by atoms with van der Waals surface area (Å²) in [6.45, 7) is 10.2. The number of fused-ring (bicyclic) bond motifs is 1. The fraction of sp³-hybridized carbons (Fsp3) is 0.947. The van der Waals surface area contributed by atoms with E-state index >= 15 is 0 Å². The first-order valence-electron chi connectivity index (χ1n) is 9.64. The Morgan fingerprint density at radius 2 is 2.00 bits per heavy atom. The quantitative estimate of drug-likeness (QED) is 0.825. The van der Waals surface area contributed by atoms with Gasteiger partial charge in [-0.25, -0.2) is 4.79 Å². The minimum atomic E-state index is -0.507. The van der Waals surface area contributed by atoms with Crippen molar-refractivity contribution in [3.63, 3.8) is 0 Å². The summed E-state index contributed by atoms with van der Waals surface area (Å²) in [4.78, 5) is 14.4. The van der Waals surface area contributed by atoms with Gasteiger partial charge in [-0.3, -0.25) is 0 Å². The Balaban J connectivity index is 1.77. The minimum Gasteiger partial charge on any atom is -0.444 e. The van der Waals surface area contributed by atoms with Crippen molar-refractivity contribution in [2.24, 2.45) is 11.3 Å². The van der Waals surface area contributed by atoms with Crippen LogP contribution in [0.4, 0.5) is 4.79 Å². The molecule has 0 aromatic carbocycles. The zero-order chi connectivity index (χ0) is 18.3. The molecule has 144 valence electrons. The molecule has 1 saturated carbocycles. The summed E-state index contributed by atoms with van der Waals surface area (Å²) in [5.74, 6) is -0.164. The smallest absolute Gasteiger partial charge is 0.410 e. The van der Waals surface area contributed by atoms with E-state index in [2.05, 4.69) is 0 Å². The van der Waals surface area contributed by atoms with Crippen LogP contribution in [0.15, 0.2) is 0 Å². The van der Waals surface area contributed by atoms with Crippen molar-refractivity contribution in [1.29, 1.82) is 0 Å². The molecule has 3 rings (SSSR count). The predicted molar refractivity (Wildman–Crippen MR) is 93.1 cm³/mol. The molecule has 1 N–H and O–H groups in total. The number of hydrogen-bond donors (Lipinski definition) is 1. The largest absolute Gasteiger partial charge is 0.444 e. The first-order chi connectivity index (χ1) is 11.7. The average Bonchev–Trinajstić information content (AvgIpc) is 3.00. The molecule has 25 heavy (non-hydrogen) atoms. The number of carbonyl (C=O) groups is 1. The molecular formula is C19H33NO5. The number of aliphatic hydroxyl groups excluding tert-OH is 1. The van der Waals surface area contributed by atoms with E-state index in [1.807, 2.05) is 27.7 Å². The molecule has 0 aromatic rings. The Bertz CT molecular complexity index is 497. The van der Waals surface area contributed by atoms with Crippen LogP contribution in [0.1, 0.15) is 59.8 Å². The van der Waals surface area contributed by atoms with Crippen molar-refractivity contribution in [3.8, 4) is 0 Å². The average molecular weight is 355 g/mol. The number of amides is 1. The minimum absolute atomic E-state index is 0.276. The molecule has 3 atom stereocenters. The van der Waals surface area contributed by atoms with E-state index in [0.717, 1.165) is 25.7 Å². The summed E-state index contributed by atoms with van der Waals surface area (Å²) in [6, 6.07) is 0. The maximum absolute atomic E-state index is 12.6. The lowest BCUT2D eigenvalue weighted by Crippen LogP contribution is -2.61. The van der Waals surface area contributed by atoms with Gasteiger partial charge in [-0.2, -0.15) is 0 Å². The lowest BCUT2D eigenvalue weighted by molar-refractivity contribution is -0.229. The van der Waals surface area contributed by atoms with Gasteiger partial charge in [0.15, 0.2) is 5.79 Å². The molecule has 2 aliphatic heterocycles. The molecule has 1 spiro atoms. The highest BCUT2D eigenvalue weighted by Crippen LogP contribution is 2.54. The second kappa shape index (κ2) is 6.71. The number of piperidine rings is 1.